The number of likely N-dealkylation sites (N-methyl/N-ethyl adjacent to an activating group) is 1. The van der Waals surface area contributed by atoms with Crippen LogP contribution in [0.5, 0.6) is 5.88 Å². The molecule has 1 aromatic heterocycles. The monoisotopic (exact) mass is 363 g/mol. The average Bonchev–Trinajstić information content (AvgIpc) is 2.69. The molecule has 0 radical (unpaired) electrons. The Bertz CT molecular complexity index is 965. The van der Waals surface area contributed by atoms with E-state index < -0.39 is 0 Å². The summed E-state index contributed by atoms with van der Waals surface area (Å²) in [6.45, 7) is 9.33. The van der Waals surface area contributed by atoms with Crippen molar-refractivity contribution < 1.29 is 9.53 Å². The molecule has 0 N–H and O–H groups in total. The van der Waals surface area contributed by atoms with Crippen LogP contribution in [0.25, 0.3) is 22.0 Å². The molecule has 0 aliphatic heterocycles. The van der Waals surface area contributed by atoms with Crippen molar-refractivity contribution in [3.63, 3.8) is 0 Å². The summed E-state index contributed by atoms with van der Waals surface area (Å²) in [4.78, 5) is 14.0. The first-order valence-corrected chi connectivity index (χ1v) is 9.28. The molecule has 0 bridgehead atoms. The Labute approximate surface area is 160 Å². The van der Waals surface area contributed by atoms with Crippen LogP contribution in [0.4, 0.5) is 0 Å². The normalized spacial score (nSPS) is 10.8. The van der Waals surface area contributed by atoms with Crippen molar-refractivity contribution in [1.29, 1.82) is 0 Å². The van der Waals surface area contributed by atoms with Crippen LogP contribution in [0.3, 0.4) is 0 Å². The van der Waals surface area contributed by atoms with Gasteiger partial charge in [-0.15, -0.1) is 10.2 Å². The molecule has 0 atom stereocenters. The minimum absolute atomic E-state index is 0.0385. The van der Waals surface area contributed by atoms with Gasteiger partial charge < -0.3 is 9.64 Å². The van der Waals surface area contributed by atoms with E-state index >= 15 is 0 Å². The summed E-state index contributed by atoms with van der Waals surface area (Å²) in [5, 5.41) is 10.6. The molecular weight excluding hydrogens is 338 g/mol. The van der Waals surface area contributed by atoms with Crippen molar-refractivity contribution in [2.75, 3.05) is 19.7 Å². The van der Waals surface area contributed by atoms with Gasteiger partial charge in [0.05, 0.1) is 0 Å². The largest absolute Gasteiger partial charge is 0.466 e. The van der Waals surface area contributed by atoms with E-state index in [0.717, 1.165) is 27.6 Å². The number of aryl methyl sites for hydroxylation is 2. The van der Waals surface area contributed by atoms with E-state index in [-0.39, 0.29) is 12.5 Å². The smallest absolute Gasteiger partial charge is 0.260 e. The van der Waals surface area contributed by atoms with Crippen molar-refractivity contribution in [2.45, 2.75) is 27.7 Å². The van der Waals surface area contributed by atoms with Gasteiger partial charge in [-0.25, -0.2) is 0 Å². The third-order valence-electron chi connectivity index (χ3n) is 4.75. The zero-order valence-corrected chi connectivity index (χ0v) is 16.3. The van der Waals surface area contributed by atoms with E-state index in [2.05, 4.69) is 42.2 Å². The van der Waals surface area contributed by atoms with Crippen molar-refractivity contribution >= 4 is 16.7 Å². The molecule has 1 amide bonds. The van der Waals surface area contributed by atoms with Gasteiger partial charge in [-0.05, 0) is 45.4 Å². The predicted octanol–water partition coefficient (Wildman–Crippen LogP) is 4.16. The molecule has 0 unspecified atom stereocenters. The Morgan fingerprint density at radius 2 is 1.70 bits per heavy atom. The molecule has 0 spiro atoms. The van der Waals surface area contributed by atoms with Crippen LogP contribution in [0.15, 0.2) is 42.5 Å². The summed E-state index contributed by atoms with van der Waals surface area (Å²) in [5.74, 6) is 0.338. The Kier molecular flexibility index (Phi) is 5.69. The number of rotatable bonds is 6. The number of benzene rings is 2. The third kappa shape index (κ3) is 3.92. The first-order valence-electron chi connectivity index (χ1n) is 9.28. The number of carbonyl (C=O) groups excluding carboxylic acids is 1. The highest BCUT2D eigenvalue weighted by Crippen LogP contribution is 2.32. The standard InChI is InChI=1S/C22H25N3O2/c1-5-25(6-2)20(26)14-27-22-18-10-8-7-9-17(18)21(23-24-22)19-13-15(3)11-12-16(19)4/h7-13H,5-6,14H2,1-4H3. The molecule has 27 heavy (non-hydrogen) atoms. The van der Waals surface area contributed by atoms with Gasteiger partial charge in [0.25, 0.3) is 5.91 Å². The topological polar surface area (TPSA) is 55.3 Å². The summed E-state index contributed by atoms with van der Waals surface area (Å²) in [7, 11) is 0. The molecule has 0 aliphatic rings. The van der Waals surface area contributed by atoms with E-state index in [1.54, 1.807) is 4.90 Å². The maximum Gasteiger partial charge on any atom is 0.260 e. The molecule has 5 heteroatoms. The van der Waals surface area contributed by atoms with Crippen LogP contribution < -0.4 is 4.74 Å². The average molecular weight is 363 g/mol. The minimum atomic E-state index is -0.0514. The second-order valence-electron chi connectivity index (χ2n) is 6.57. The van der Waals surface area contributed by atoms with Crippen LogP contribution in [0, 0.1) is 13.8 Å². The quantitative estimate of drug-likeness (QED) is 0.660. The van der Waals surface area contributed by atoms with E-state index in [9.17, 15) is 4.79 Å². The Morgan fingerprint density at radius 3 is 2.41 bits per heavy atom. The minimum Gasteiger partial charge on any atom is -0.466 e. The van der Waals surface area contributed by atoms with Gasteiger partial charge in [0.15, 0.2) is 6.61 Å². The van der Waals surface area contributed by atoms with E-state index in [1.807, 2.05) is 38.1 Å². The van der Waals surface area contributed by atoms with Gasteiger partial charge in [0.1, 0.15) is 5.69 Å². The molecule has 0 aliphatic carbocycles. The molecule has 140 valence electrons. The van der Waals surface area contributed by atoms with E-state index in [0.29, 0.717) is 19.0 Å². The molecule has 1 heterocycles. The molecule has 5 nitrogen and oxygen atoms in total. The Balaban J connectivity index is 1.99. The maximum atomic E-state index is 12.2. The third-order valence-corrected chi connectivity index (χ3v) is 4.75. The summed E-state index contributed by atoms with van der Waals surface area (Å²) < 4.78 is 5.75. The molecular formula is C22H25N3O2. The van der Waals surface area contributed by atoms with Crippen molar-refractivity contribution in [1.82, 2.24) is 15.1 Å². The second-order valence-corrected chi connectivity index (χ2v) is 6.57. The van der Waals surface area contributed by atoms with Crippen LogP contribution in [0.1, 0.15) is 25.0 Å². The number of carbonyl (C=O) groups is 1. The highest BCUT2D eigenvalue weighted by molar-refractivity contribution is 5.97. The van der Waals surface area contributed by atoms with Gasteiger partial charge in [-0.3, -0.25) is 4.79 Å². The molecule has 3 aromatic rings. The van der Waals surface area contributed by atoms with Crippen molar-refractivity contribution in [2.24, 2.45) is 0 Å². The predicted molar refractivity (Wildman–Crippen MR) is 108 cm³/mol. The lowest BCUT2D eigenvalue weighted by Gasteiger charge is -2.18. The van der Waals surface area contributed by atoms with Gasteiger partial charge in [-0.2, -0.15) is 0 Å². The van der Waals surface area contributed by atoms with Crippen molar-refractivity contribution in [3.8, 4) is 17.1 Å². The zero-order chi connectivity index (χ0) is 19.4. The zero-order valence-electron chi connectivity index (χ0n) is 16.3. The molecule has 3 rings (SSSR count). The first-order chi connectivity index (χ1) is 13.0. The summed E-state index contributed by atoms with van der Waals surface area (Å²) in [6.07, 6.45) is 0. The fraction of sp³-hybridized carbons (Fsp3) is 0.318. The van der Waals surface area contributed by atoms with Crippen LogP contribution in [-0.2, 0) is 4.79 Å². The Hall–Kier alpha value is -2.95. The van der Waals surface area contributed by atoms with Gasteiger partial charge in [0.2, 0.25) is 5.88 Å². The van der Waals surface area contributed by atoms with Crippen molar-refractivity contribution in [3.05, 3.63) is 53.6 Å². The van der Waals surface area contributed by atoms with Gasteiger partial charge in [-0.1, -0.05) is 35.9 Å². The summed E-state index contributed by atoms with van der Waals surface area (Å²) in [5.41, 5.74) is 4.20. The number of fused-ring (bicyclic) bond motifs is 1. The number of ether oxygens (including phenoxy) is 1. The summed E-state index contributed by atoms with van der Waals surface area (Å²) >= 11 is 0. The highest BCUT2D eigenvalue weighted by Gasteiger charge is 2.16. The van der Waals surface area contributed by atoms with Crippen LogP contribution >= 0.6 is 0 Å². The second kappa shape index (κ2) is 8.16. The lowest BCUT2D eigenvalue weighted by molar-refractivity contribution is -0.133. The lowest BCUT2D eigenvalue weighted by atomic mass is 9.99. The molecule has 0 fully saturated rings. The van der Waals surface area contributed by atoms with Gasteiger partial charge in [0, 0.05) is 29.4 Å². The Morgan fingerprint density at radius 1 is 1.00 bits per heavy atom. The fourth-order valence-corrected chi connectivity index (χ4v) is 3.17. The number of hydrogen-bond acceptors (Lipinski definition) is 4. The van der Waals surface area contributed by atoms with Crippen LogP contribution in [0.2, 0.25) is 0 Å². The fourth-order valence-electron chi connectivity index (χ4n) is 3.17. The number of hydrogen-bond donors (Lipinski definition) is 0. The van der Waals surface area contributed by atoms with Gasteiger partial charge >= 0.3 is 0 Å². The molecule has 0 saturated heterocycles. The molecule has 2 aromatic carbocycles. The van der Waals surface area contributed by atoms with E-state index in [4.69, 9.17) is 4.74 Å². The molecule has 0 saturated carbocycles. The number of nitrogens with zero attached hydrogens (tertiary/aromatic N) is 3. The summed E-state index contributed by atoms with van der Waals surface area (Å²) in [6, 6.07) is 14.2. The van der Waals surface area contributed by atoms with Crippen LogP contribution in [-0.4, -0.2) is 40.7 Å². The number of amides is 1. The maximum absolute atomic E-state index is 12.2. The first kappa shape index (κ1) is 18.8. The SMILES string of the molecule is CCN(CC)C(=O)COc1nnc(-c2cc(C)ccc2C)c2ccccc12. The lowest BCUT2D eigenvalue weighted by Crippen LogP contribution is -2.34. The number of aromatic nitrogens is 2. The van der Waals surface area contributed by atoms with E-state index in [1.165, 1.54) is 5.56 Å². The highest BCUT2D eigenvalue weighted by atomic mass is 16.5.